The van der Waals surface area contributed by atoms with Crippen LogP contribution in [0.3, 0.4) is 0 Å². The van der Waals surface area contributed by atoms with E-state index in [0.29, 0.717) is 11.5 Å². The Morgan fingerprint density at radius 1 is 1.22 bits per heavy atom. The summed E-state index contributed by atoms with van der Waals surface area (Å²) in [5, 5.41) is 3.54. The minimum Gasteiger partial charge on any atom is -0.372 e. The van der Waals surface area contributed by atoms with Crippen LogP contribution in [0.25, 0.3) is 0 Å². The van der Waals surface area contributed by atoms with Gasteiger partial charge in [-0.15, -0.1) is 0 Å². The Labute approximate surface area is 106 Å². The molecule has 2 aliphatic carbocycles. The highest BCUT2D eigenvalue weighted by atomic mass is 19.4. The Morgan fingerprint density at radius 2 is 1.94 bits per heavy atom. The number of halogens is 3. The van der Waals surface area contributed by atoms with Crippen LogP contribution in [0.2, 0.25) is 0 Å². The van der Waals surface area contributed by atoms with Crippen molar-refractivity contribution in [2.75, 3.05) is 19.8 Å². The minimum atomic E-state index is -4.19. The fourth-order valence-corrected chi connectivity index (χ4v) is 2.58. The lowest BCUT2D eigenvalue weighted by atomic mass is 9.66. The van der Waals surface area contributed by atoms with E-state index in [1.807, 2.05) is 0 Å². The Morgan fingerprint density at radius 3 is 2.44 bits per heavy atom. The first kappa shape index (κ1) is 14.1. The highest BCUT2D eigenvalue weighted by Crippen LogP contribution is 2.44. The largest absolute Gasteiger partial charge is 0.411 e. The van der Waals surface area contributed by atoms with E-state index in [-0.39, 0.29) is 6.61 Å². The van der Waals surface area contributed by atoms with E-state index in [1.54, 1.807) is 0 Å². The van der Waals surface area contributed by atoms with Crippen molar-refractivity contribution in [3.63, 3.8) is 0 Å². The molecular weight excluding hydrogens is 243 g/mol. The lowest BCUT2D eigenvalue weighted by molar-refractivity contribution is -0.174. The van der Waals surface area contributed by atoms with Gasteiger partial charge in [-0.3, -0.25) is 0 Å². The lowest BCUT2D eigenvalue weighted by Gasteiger charge is -2.42. The summed E-state index contributed by atoms with van der Waals surface area (Å²) in [4.78, 5) is 0. The molecule has 0 spiro atoms. The van der Waals surface area contributed by atoms with Crippen molar-refractivity contribution in [1.82, 2.24) is 5.32 Å². The predicted octanol–water partition coefficient (Wildman–Crippen LogP) is 3.27. The third-order valence-corrected chi connectivity index (χ3v) is 4.02. The van der Waals surface area contributed by atoms with Gasteiger partial charge in [0.2, 0.25) is 0 Å². The average molecular weight is 265 g/mol. The molecule has 0 unspecified atom stereocenters. The molecule has 0 atom stereocenters. The van der Waals surface area contributed by atoms with Crippen molar-refractivity contribution in [3.05, 3.63) is 0 Å². The number of rotatable bonds is 8. The summed E-state index contributed by atoms with van der Waals surface area (Å²) in [5.41, 5.74) is 0.351. The first-order valence-electron chi connectivity index (χ1n) is 6.87. The van der Waals surface area contributed by atoms with E-state index in [9.17, 15) is 13.2 Å². The average Bonchev–Trinajstić information content (AvgIpc) is 3.01. The van der Waals surface area contributed by atoms with Gasteiger partial charge in [-0.05, 0) is 43.9 Å². The molecule has 0 aliphatic heterocycles. The monoisotopic (exact) mass is 265 g/mol. The van der Waals surface area contributed by atoms with E-state index >= 15 is 0 Å². The number of nitrogens with one attached hydrogen (secondary N) is 1. The molecule has 106 valence electrons. The zero-order chi connectivity index (χ0) is 13.1. The molecule has 18 heavy (non-hydrogen) atoms. The fourth-order valence-electron chi connectivity index (χ4n) is 2.58. The van der Waals surface area contributed by atoms with E-state index in [4.69, 9.17) is 0 Å². The van der Waals surface area contributed by atoms with E-state index < -0.39 is 12.8 Å². The third kappa shape index (κ3) is 4.76. The van der Waals surface area contributed by atoms with Crippen LogP contribution in [-0.4, -0.2) is 32.0 Å². The molecule has 2 rings (SSSR count). The number of alkyl halides is 3. The molecule has 5 heteroatoms. The number of ether oxygens (including phenoxy) is 1. The Hall–Kier alpha value is -0.290. The summed E-state index contributed by atoms with van der Waals surface area (Å²) in [7, 11) is 0. The molecule has 0 bridgehead atoms. The van der Waals surface area contributed by atoms with E-state index in [2.05, 4.69) is 10.1 Å². The zero-order valence-electron chi connectivity index (χ0n) is 10.7. The first-order chi connectivity index (χ1) is 8.49. The van der Waals surface area contributed by atoms with Crippen molar-refractivity contribution in [2.45, 2.75) is 57.2 Å². The van der Waals surface area contributed by atoms with Crippen LogP contribution in [0.15, 0.2) is 0 Å². The molecule has 1 N–H and O–H groups in total. The normalized spacial score (nSPS) is 22.8. The highest BCUT2D eigenvalue weighted by molar-refractivity contribution is 4.92. The van der Waals surface area contributed by atoms with Gasteiger partial charge < -0.3 is 10.1 Å². The molecule has 2 nitrogen and oxygen atoms in total. The predicted molar refractivity (Wildman–Crippen MR) is 63.4 cm³/mol. The fraction of sp³-hybridized carbons (Fsp3) is 1.00. The van der Waals surface area contributed by atoms with Crippen LogP contribution in [0.5, 0.6) is 0 Å². The molecule has 0 aromatic carbocycles. The Balaban J connectivity index is 1.55. The minimum absolute atomic E-state index is 0.227. The van der Waals surface area contributed by atoms with Crippen LogP contribution in [0, 0.1) is 5.41 Å². The number of hydrogen-bond donors (Lipinski definition) is 1. The molecule has 0 radical (unpaired) electrons. The standard InChI is InChI=1S/C13H22F3NO/c14-13(15,16)10-18-8-2-7-12(5-1-6-12)9-17-11-3-4-11/h11,17H,1-10H2. The molecule has 0 aromatic heterocycles. The van der Waals surface area contributed by atoms with Crippen LogP contribution >= 0.6 is 0 Å². The maximum absolute atomic E-state index is 11.9. The lowest BCUT2D eigenvalue weighted by Crippen LogP contribution is -2.40. The molecule has 2 saturated carbocycles. The Bertz CT molecular complexity index is 259. The summed E-state index contributed by atoms with van der Waals surface area (Å²) in [6.45, 7) is 0.155. The van der Waals surface area contributed by atoms with Crippen molar-refractivity contribution in [2.24, 2.45) is 5.41 Å². The molecule has 2 fully saturated rings. The molecule has 0 saturated heterocycles. The summed E-state index contributed by atoms with van der Waals surface area (Å²) in [6, 6.07) is 0.712. The number of hydrogen-bond acceptors (Lipinski definition) is 2. The first-order valence-corrected chi connectivity index (χ1v) is 6.87. The van der Waals surface area contributed by atoms with Crippen LogP contribution in [-0.2, 0) is 4.74 Å². The van der Waals surface area contributed by atoms with Crippen LogP contribution < -0.4 is 5.32 Å². The zero-order valence-corrected chi connectivity index (χ0v) is 10.7. The second kappa shape index (κ2) is 5.78. The van der Waals surface area contributed by atoms with Gasteiger partial charge in [-0.2, -0.15) is 13.2 Å². The van der Waals surface area contributed by atoms with Gasteiger partial charge in [-0.1, -0.05) is 6.42 Å². The smallest absolute Gasteiger partial charge is 0.372 e. The summed E-state index contributed by atoms with van der Waals surface area (Å²) >= 11 is 0. The SMILES string of the molecule is FC(F)(F)COCCCC1(CNC2CC2)CCC1. The van der Waals surface area contributed by atoms with Crippen molar-refractivity contribution in [3.8, 4) is 0 Å². The molecular formula is C13H22F3NO. The highest BCUT2D eigenvalue weighted by Gasteiger charge is 2.37. The van der Waals surface area contributed by atoms with Crippen LogP contribution in [0.4, 0.5) is 13.2 Å². The van der Waals surface area contributed by atoms with Crippen molar-refractivity contribution in [1.29, 1.82) is 0 Å². The van der Waals surface area contributed by atoms with Crippen LogP contribution in [0.1, 0.15) is 44.9 Å². The third-order valence-electron chi connectivity index (χ3n) is 4.02. The quantitative estimate of drug-likeness (QED) is 0.680. The van der Waals surface area contributed by atoms with Gasteiger partial charge in [0.25, 0.3) is 0 Å². The van der Waals surface area contributed by atoms with Gasteiger partial charge in [0.1, 0.15) is 6.61 Å². The molecule has 2 aliphatic rings. The summed E-state index contributed by atoms with van der Waals surface area (Å²) in [6.07, 6.45) is 3.79. The topological polar surface area (TPSA) is 21.3 Å². The van der Waals surface area contributed by atoms with Gasteiger partial charge >= 0.3 is 6.18 Å². The molecule has 0 aromatic rings. The second-order valence-electron chi connectivity index (χ2n) is 5.78. The second-order valence-corrected chi connectivity index (χ2v) is 5.78. The van der Waals surface area contributed by atoms with Gasteiger partial charge in [-0.25, -0.2) is 0 Å². The van der Waals surface area contributed by atoms with Gasteiger partial charge in [0.05, 0.1) is 0 Å². The molecule has 0 amide bonds. The maximum atomic E-state index is 11.9. The van der Waals surface area contributed by atoms with Crippen molar-refractivity contribution < 1.29 is 17.9 Å². The maximum Gasteiger partial charge on any atom is 0.411 e. The van der Waals surface area contributed by atoms with Gasteiger partial charge in [0.15, 0.2) is 0 Å². The summed E-state index contributed by atoms with van der Waals surface area (Å²) in [5.74, 6) is 0. The van der Waals surface area contributed by atoms with E-state index in [1.165, 1.54) is 32.1 Å². The van der Waals surface area contributed by atoms with Gasteiger partial charge in [0, 0.05) is 19.2 Å². The van der Waals surface area contributed by atoms with E-state index in [0.717, 1.165) is 19.4 Å². The molecule has 0 heterocycles. The van der Waals surface area contributed by atoms with Crippen molar-refractivity contribution >= 4 is 0 Å². The Kier molecular flexibility index (Phi) is 4.54. The summed E-state index contributed by atoms with van der Waals surface area (Å²) < 4.78 is 40.3.